The fourth-order valence-electron chi connectivity index (χ4n) is 3.81. The highest BCUT2D eigenvalue weighted by atomic mass is 32.2. The zero-order chi connectivity index (χ0) is 21.8. The Bertz CT molecular complexity index is 1160. The van der Waals surface area contributed by atoms with Crippen LogP contribution in [0.4, 0.5) is 10.1 Å². The van der Waals surface area contributed by atoms with E-state index in [1.807, 2.05) is 54.6 Å². The average Bonchev–Trinajstić information content (AvgIpc) is 2.80. The van der Waals surface area contributed by atoms with Crippen LogP contribution in [0.15, 0.2) is 83.8 Å². The molecule has 0 atom stereocenters. The second-order valence-electron chi connectivity index (χ2n) is 7.53. The molecule has 7 heteroatoms. The number of nitrogens with one attached hydrogen (secondary N) is 1. The molecular weight excluding hydrogens is 415 g/mol. The highest BCUT2D eigenvalue weighted by molar-refractivity contribution is 7.89. The summed E-state index contributed by atoms with van der Waals surface area (Å²) in [6, 6.07) is 22.3. The smallest absolute Gasteiger partial charge is 0.243 e. The predicted molar refractivity (Wildman–Crippen MR) is 118 cm³/mol. The van der Waals surface area contributed by atoms with E-state index in [4.69, 9.17) is 0 Å². The molecule has 0 radical (unpaired) electrons. The van der Waals surface area contributed by atoms with Crippen molar-refractivity contribution in [2.24, 2.45) is 5.92 Å². The topological polar surface area (TPSA) is 66.5 Å². The van der Waals surface area contributed by atoms with E-state index in [0.29, 0.717) is 12.8 Å². The highest BCUT2D eigenvalue weighted by Gasteiger charge is 2.32. The first-order valence-electron chi connectivity index (χ1n) is 10.2. The van der Waals surface area contributed by atoms with Gasteiger partial charge in [0.15, 0.2) is 0 Å². The van der Waals surface area contributed by atoms with Crippen molar-refractivity contribution in [2.45, 2.75) is 17.7 Å². The largest absolute Gasteiger partial charge is 0.325 e. The minimum Gasteiger partial charge on any atom is -0.325 e. The third-order valence-corrected chi connectivity index (χ3v) is 7.46. The van der Waals surface area contributed by atoms with Crippen LogP contribution in [0.5, 0.6) is 0 Å². The minimum atomic E-state index is -3.69. The van der Waals surface area contributed by atoms with Crippen LogP contribution >= 0.6 is 0 Å². The SMILES string of the molecule is O=C(Nc1ccccc1-c1ccccc1)C1CCN(S(=O)(=O)c2ccc(F)cc2)CC1. The third kappa shape index (κ3) is 4.68. The molecule has 0 spiro atoms. The van der Waals surface area contributed by atoms with Crippen LogP contribution in [0.25, 0.3) is 11.1 Å². The summed E-state index contributed by atoms with van der Waals surface area (Å²) in [7, 11) is -3.69. The summed E-state index contributed by atoms with van der Waals surface area (Å²) in [5, 5.41) is 3.02. The van der Waals surface area contributed by atoms with Crippen LogP contribution in [-0.2, 0) is 14.8 Å². The van der Waals surface area contributed by atoms with Crippen molar-refractivity contribution in [3.8, 4) is 11.1 Å². The number of benzene rings is 3. The Morgan fingerprint density at radius 1 is 0.871 bits per heavy atom. The van der Waals surface area contributed by atoms with Gasteiger partial charge in [0.1, 0.15) is 5.82 Å². The molecule has 0 bridgehead atoms. The number of piperidine rings is 1. The molecule has 3 aromatic carbocycles. The van der Waals surface area contributed by atoms with E-state index < -0.39 is 15.8 Å². The maximum absolute atomic E-state index is 13.1. The molecule has 1 amide bonds. The van der Waals surface area contributed by atoms with Crippen LogP contribution < -0.4 is 5.32 Å². The number of hydrogen-bond acceptors (Lipinski definition) is 3. The van der Waals surface area contributed by atoms with Crippen molar-refractivity contribution in [2.75, 3.05) is 18.4 Å². The number of carbonyl (C=O) groups is 1. The van der Waals surface area contributed by atoms with Gasteiger partial charge in [-0.15, -0.1) is 0 Å². The van der Waals surface area contributed by atoms with Gasteiger partial charge in [-0.1, -0.05) is 48.5 Å². The Kier molecular flexibility index (Phi) is 6.15. The number of amides is 1. The van der Waals surface area contributed by atoms with Crippen LogP contribution in [0.1, 0.15) is 12.8 Å². The maximum atomic E-state index is 13.1. The number of rotatable bonds is 5. The average molecular weight is 439 g/mol. The molecule has 4 rings (SSSR count). The Morgan fingerprint density at radius 3 is 2.16 bits per heavy atom. The summed E-state index contributed by atoms with van der Waals surface area (Å²) >= 11 is 0. The van der Waals surface area contributed by atoms with E-state index in [1.165, 1.54) is 16.4 Å². The molecule has 160 valence electrons. The second kappa shape index (κ2) is 8.99. The molecule has 1 aliphatic rings. The van der Waals surface area contributed by atoms with Gasteiger partial charge in [-0.25, -0.2) is 12.8 Å². The van der Waals surface area contributed by atoms with E-state index in [0.717, 1.165) is 28.9 Å². The molecule has 0 unspecified atom stereocenters. The molecule has 0 aliphatic carbocycles. The van der Waals surface area contributed by atoms with Crippen LogP contribution in [-0.4, -0.2) is 31.7 Å². The lowest BCUT2D eigenvalue weighted by Crippen LogP contribution is -2.41. The van der Waals surface area contributed by atoms with E-state index in [9.17, 15) is 17.6 Å². The lowest BCUT2D eigenvalue weighted by Gasteiger charge is -2.30. The van der Waals surface area contributed by atoms with Gasteiger partial charge >= 0.3 is 0 Å². The van der Waals surface area contributed by atoms with Gasteiger partial charge in [0, 0.05) is 30.3 Å². The fourth-order valence-corrected chi connectivity index (χ4v) is 5.28. The zero-order valence-corrected chi connectivity index (χ0v) is 17.7. The molecule has 0 saturated carbocycles. The normalized spacial score (nSPS) is 15.5. The molecule has 0 aromatic heterocycles. The number of hydrogen-bond donors (Lipinski definition) is 1. The first-order valence-corrected chi connectivity index (χ1v) is 11.6. The van der Waals surface area contributed by atoms with Gasteiger partial charge in [0.05, 0.1) is 4.90 Å². The van der Waals surface area contributed by atoms with Crippen molar-refractivity contribution in [1.29, 1.82) is 0 Å². The van der Waals surface area contributed by atoms with Gasteiger partial charge in [-0.3, -0.25) is 4.79 Å². The van der Waals surface area contributed by atoms with Gasteiger partial charge < -0.3 is 5.32 Å². The summed E-state index contributed by atoms with van der Waals surface area (Å²) in [5.41, 5.74) is 2.69. The van der Waals surface area contributed by atoms with E-state index in [2.05, 4.69) is 5.32 Å². The van der Waals surface area contributed by atoms with Crippen molar-refractivity contribution < 1.29 is 17.6 Å². The molecule has 1 N–H and O–H groups in total. The number of para-hydroxylation sites is 1. The van der Waals surface area contributed by atoms with E-state index in [-0.39, 0.29) is 29.8 Å². The number of halogens is 1. The Hall–Kier alpha value is -3.03. The van der Waals surface area contributed by atoms with E-state index in [1.54, 1.807) is 0 Å². The molecule has 1 fully saturated rings. The Morgan fingerprint density at radius 2 is 1.48 bits per heavy atom. The van der Waals surface area contributed by atoms with Crippen molar-refractivity contribution >= 4 is 21.6 Å². The summed E-state index contributed by atoms with van der Waals surface area (Å²) in [4.78, 5) is 13.0. The number of anilines is 1. The molecule has 1 aliphatic heterocycles. The molecule has 3 aromatic rings. The monoisotopic (exact) mass is 438 g/mol. The molecule has 5 nitrogen and oxygen atoms in total. The van der Waals surface area contributed by atoms with Crippen molar-refractivity contribution in [3.05, 3.63) is 84.7 Å². The Balaban J connectivity index is 1.42. The summed E-state index contributed by atoms with van der Waals surface area (Å²) in [6.07, 6.45) is 0.861. The van der Waals surface area contributed by atoms with Gasteiger partial charge in [-0.05, 0) is 48.7 Å². The predicted octanol–water partition coefficient (Wildman–Crippen LogP) is 4.53. The molecular formula is C24H23FN2O3S. The molecule has 31 heavy (non-hydrogen) atoms. The highest BCUT2D eigenvalue weighted by Crippen LogP contribution is 2.30. The number of carbonyl (C=O) groups excluding carboxylic acids is 1. The van der Waals surface area contributed by atoms with Gasteiger partial charge in [0.2, 0.25) is 15.9 Å². The standard InChI is InChI=1S/C24H23FN2O3S/c25-20-10-12-21(13-11-20)31(29,30)27-16-14-19(15-17-27)24(28)26-23-9-5-4-8-22(23)18-6-2-1-3-7-18/h1-13,19H,14-17H2,(H,26,28). The number of nitrogens with zero attached hydrogens (tertiary/aromatic N) is 1. The van der Waals surface area contributed by atoms with Gasteiger partial charge in [0.25, 0.3) is 0 Å². The third-order valence-electron chi connectivity index (χ3n) is 5.55. The summed E-state index contributed by atoms with van der Waals surface area (Å²) < 4.78 is 40.0. The molecule has 1 saturated heterocycles. The zero-order valence-electron chi connectivity index (χ0n) is 16.9. The Labute approximate surface area is 181 Å². The minimum absolute atomic E-state index is 0.0635. The van der Waals surface area contributed by atoms with Crippen molar-refractivity contribution in [1.82, 2.24) is 4.31 Å². The first kappa shape index (κ1) is 21.2. The first-order chi connectivity index (χ1) is 14.9. The van der Waals surface area contributed by atoms with Crippen LogP contribution in [0.2, 0.25) is 0 Å². The van der Waals surface area contributed by atoms with Crippen LogP contribution in [0, 0.1) is 11.7 Å². The van der Waals surface area contributed by atoms with Gasteiger partial charge in [-0.2, -0.15) is 4.31 Å². The fraction of sp³-hybridized carbons (Fsp3) is 0.208. The van der Waals surface area contributed by atoms with E-state index >= 15 is 0 Å². The second-order valence-corrected chi connectivity index (χ2v) is 9.47. The van der Waals surface area contributed by atoms with Crippen LogP contribution in [0.3, 0.4) is 0 Å². The summed E-state index contributed by atoms with van der Waals surface area (Å²) in [6.45, 7) is 0.496. The summed E-state index contributed by atoms with van der Waals surface area (Å²) in [5.74, 6) is -0.865. The maximum Gasteiger partial charge on any atom is 0.243 e. The lowest BCUT2D eigenvalue weighted by molar-refractivity contribution is -0.120. The quantitative estimate of drug-likeness (QED) is 0.636. The van der Waals surface area contributed by atoms with Crippen molar-refractivity contribution in [3.63, 3.8) is 0 Å². The number of sulfonamides is 1. The lowest BCUT2D eigenvalue weighted by atomic mass is 9.96. The molecule has 1 heterocycles.